The molecule has 0 unspecified atom stereocenters. The third-order valence-corrected chi connectivity index (χ3v) is 6.76. The Morgan fingerprint density at radius 3 is 2.43 bits per heavy atom. The summed E-state index contributed by atoms with van der Waals surface area (Å²) < 4.78 is 50.5. The van der Waals surface area contributed by atoms with Crippen LogP contribution in [0.15, 0.2) is 30.5 Å². The maximum Gasteiger partial charge on any atom is 0.282 e. The van der Waals surface area contributed by atoms with Crippen molar-refractivity contribution in [2.75, 3.05) is 29.9 Å². The molecule has 0 atom stereocenters. The minimum Gasteiger partial charge on any atom is -0.337 e. The lowest BCUT2D eigenvalue weighted by atomic mass is 10.1. The number of aromatic nitrogens is 2. The standard InChI is InChI=1S/C19H20F2N4O4S/c20-17(21)15-5-6-25(23-15)16-11-13(22-18(26)12-1-2-12)3-4-14(16)19(27)24-7-9-30(28,29)10-8-24/h3-6,11-12,17H,1-2,7-10H2,(H,22,26). The van der Waals surface area contributed by atoms with E-state index in [0.717, 1.165) is 18.9 Å². The van der Waals surface area contributed by atoms with Crippen molar-refractivity contribution in [1.29, 1.82) is 0 Å². The lowest BCUT2D eigenvalue weighted by molar-refractivity contribution is -0.117. The summed E-state index contributed by atoms with van der Waals surface area (Å²) in [4.78, 5) is 26.5. The largest absolute Gasteiger partial charge is 0.337 e. The van der Waals surface area contributed by atoms with Crippen LogP contribution in [0, 0.1) is 5.92 Å². The monoisotopic (exact) mass is 438 g/mol. The fourth-order valence-electron chi connectivity index (χ4n) is 3.24. The van der Waals surface area contributed by atoms with Gasteiger partial charge >= 0.3 is 0 Å². The molecule has 0 bridgehead atoms. The van der Waals surface area contributed by atoms with E-state index in [2.05, 4.69) is 10.4 Å². The van der Waals surface area contributed by atoms with Crippen LogP contribution in [0.5, 0.6) is 0 Å². The summed E-state index contributed by atoms with van der Waals surface area (Å²) in [7, 11) is -3.16. The summed E-state index contributed by atoms with van der Waals surface area (Å²) >= 11 is 0. The zero-order valence-electron chi connectivity index (χ0n) is 15.9. The molecule has 1 aliphatic heterocycles. The zero-order valence-corrected chi connectivity index (χ0v) is 16.7. The second-order valence-corrected chi connectivity index (χ2v) is 9.73. The average Bonchev–Trinajstić information content (AvgIpc) is 3.44. The van der Waals surface area contributed by atoms with E-state index in [1.54, 1.807) is 6.07 Å². The van der Waals surface area contributed by atoms with Crippen molar-refractivity contribution < 1.29 is 26.8 Å². The number of hydrogen-bond acceptors (Lipinski definition) is 5. The van der Waals surface area contributed by atoms with Crippen molar-refractivity contribution in [3.05, 3.63) is 41.7 Å². The molecule has 2 aromatic rings. The lowest BCUT2D eigenvalue weighted by Crippen LogP contribution is -2.44. The molecule has 1 aromatic heterocycles. The van der Waals surface area contributed by atoms with Gasteiger partial charge in [-0.05, 0) is 37.1 Å². The van der Waals surface area contributed by atoms with Gasteiger partial charge in [-0.15, -0.1) is 0 Å². The number of sulfone groups is 1. The van der Waals surface area contributed by atoms with E-state index in [-0.39, 0.29) is 47.7 Å². The Bertz CT molecular complexity index is 1080. The van der Waals surface area contributed by atoms with Crippen molar-refractivity contribution in [3.8, 4) is 5.69 Å². The van der Waals surface area contributed by atoms with E-state index >= 15 is 0 Å². The molecular formula is C19H20F2N4O4S. The molecule has 2 fully saturated rings. The van der Waals surface area contributed by atoms with E-state index in [1.165, 1.54) is 27.9 Å². The Kier molecular flexibility index (Phi) is 5.31. The fourth-order valence-corrected chi connectivity index (χ4v) is 4.45. The van der Waals surface area contributed by atoms with Gasteiger partial charge in [-0.2, -0.15) is 5.10 Å². The number of carbonyl (C=O) groups excluding carboxylic acids is 2. The van der Waals surface area contributed by atoms with Crippen molar-refractivity contribution in [3.63, 3.8) is 0 Å². The quantitative estimate of drug-likeness (QED) is 0.770. The van der Waals surface area contributed by atoms with Gasteiger partial charge in [-0.3, -0.25) is 9.59 Å². The number of carbonyl (C=O) groups is 2. The van der Waals surface area contributed by atoms with Crippen LogP contribution in [-0.2, 0) is 14.6 Å². The molecule has 2 heterocycles. The molecule has 0 radical (unpaired) electrons. The molecule has 1 saturated carbocycles. The number of nitrogens with one attached hydrogen (secondary N) is 1. The van der Waals surface area contributed by atoms with Gasteiger partial charge in [-0.25, -0.2) is 21.9 Å². The van der Waals surface area contributed by atoms with Crippen molar-refractivity contribution in [2.24, 2.45) is 5.92 Å². The van der Waals surface area contributed by atoms with Crippen LogP contribution < -0.4 is 5.32 Å². The number of rotatable bonds is 5. The van der Waals surface area contributed by atoms with E-state index in [4.69, 9.17) is 0 Å². The number of amides is 2. The molecule has 11 heteroatoms. The predicted molar refractivity (Wildman–Crippen MR) is 104 cm³/mol. The first kappa shape index (κ1) is 20.5. The number of nitrogens with zero attached hydrogens (tertiary/aromatic N) is 3. The number of benzene rings is 1. The molecule has 4 rings (SSSR count). The van der Waals surface area contributed by atoms with Crippen molar-refractivity contribution in [2.45, 2.75) is 19.3 Å². The first-order valence-electron chi connectivity index (χ1n) is 9.52. The smallest absolute Gasteiger partial charge is 0.282 e. The first-order chi connectivity index (χ1) is 14.2. The maximum absolute atomic E-state index is 13.1. The van der Waals surface area contributed by atoms with Crippen LogP contribution >= 0.6 is 0 Å². The van der Waals surface area contributed by atoms with E-state index in [9.17, 15) is 26.8 Å². The topological polar surface area (TPSA) is 101 Å². The van der Waals surface area contributed by atoms with Gasteiger partial charge in [0, 0.05) is 30.9 Å². The summed E-state index contributed by atoms with van der Waals surface area (Å²) in [6.07, 6.45) is 0.199. The highest BCUT2D eigenvalue weighted by Gasteiger charge is 2.31. The fraction of sp³-hybridized carbons (Fsp3) is 0.421. The molecule has 1 saturated heterocycles. The second kappa shape index (κ2) is 7.78. The van der Waals surface area contributed by atoms with Crippen molar-refractivity contribution >= 4 is 27.3 Å². The van der Waals surface area contributed by atoms with Gasteiger partial charge < -0.3 is 10.2 Å². The third-order valence-electron chi connectivity index (χ3n) is 5.16. The molecule has 160 valence electrons. The Morgan fingerprint density at radius 2 is 1.83 bits per heavy atom. The Morgan fingerprint density at radius 1 is 1.13 bits per heavy atom. The number of alkyl halides is 2. The van der Waals surface area contributed by atoms with E-state index < -0.39 is 27.9 Å². The van der Waals surface area contributed by atoms with Crippen LogP contribution in [0.3, 0.4) is 0 Å². The van der Waals surface area contributed by atoms with E-state index in [1.807, 2.05) is 0 Å². The minimum absolute atomic E-state index is 0.0276. The summed E-state index contributed by atoms with van der Waals surface area (Å²) in [5.41, 5.74) is 0.398. The Balaban J connectivity index is 1.67. The summed E-state index contributed by atoms with van der Waals surface area (Å²) in [6, 6.07) is 5.72. The normalized spacial score (nSPS) is 18.4. The van der Waals surface area contributed by atoms with Crippen LogP contribution in [0.1, 0.15) is 35.3 Å². The molecule has 1 aliphatic carbocycles. The van der Waals surface area contributed by atoms with Gasteiger partial charge in [0.2, 0.25) is 5.91 Å². The van der Waals surface area contributed by atoms with Gasteiger partial charge in [0.25, 0.3) is 12.3 Å². The van der Waals surface area contributed by atoms with Crippen LogP contribution in [0.25, 0.3) is 5.69 Å². The summed E-state index contributed by atoms with van der Waals surface area (Å²) in [5, 5.41) is 6.61. The number of anilines is 1. The number of hydrogen-bond donors (Lipinski definition) is 1. The summed E-state index contributed by atoms with van der Waals surface area (Å²) in [6.45, 7) is 0.115. The molecular weight excluding hydrogens is 418 g/mol. The molecule has 1 aromatic carbocycles. The highest BCUT2D eigenvalue weighted by atomic mass is 32.2. The highest BCUT2D eigenvalue weighted by Crippen LogP contribution is 2.31. The predicted octanol–water partition coefficient (Wildman–Crippen LogP) is 2.03. The first-order valence-corrected chi connectivity index (χ1v) is 11.3. The zero-order chi connectivity index (χ0) is 21.5. The summed E-state index contributed by atoms with van der Waals surface area (Å²) in [5.74, 6) is -0.828. The third kappa shape index (κ3) is 4.35. The molecule has 1 N–H and O–H groups in total. The van der Waals surface area contributed by atoms with Gasteiger partial charge in [0.05, 0.1) is 22.8 Å². The Hall–Kier alpha value is -2.82. The van der Waals surface area contributed by atoms with Gasteiger partial charge in [-0.1, -0.05) is 0 Å². The molecule has 30 heavy (non-hydrogen) atoms. The molecule has 0 spiro atoms. The lowest BCUT2D eigenvalue weighted by Gasteiger charge is -2.27. The second-order valence-electron chi connectivity index (χ2n) is 7.43. The van der Waals surface area contributed by atoms with Crippen molar-refractivity contribution in [1.82, 2.24) is 14.7 Å². The van der Waals surface area contributed by atoms with E-state index in [0.29, 0.717) is 5.69 Å². The number of halogens is 2. The average molecular weight is 438 g/mol. The van der Waals surface area contributed by atoms with Crippen LogP contribution in [-0.4, -0.2) is 59.5 Å². The van der Waals surface area contributed by atoms with Gasteiger partial charge in [0.15, 0.2) is 9.84 Å². The highest BCUT2D eigenvalue weighted by molar-refractivity contribution is 7.91. The molecule has 8 nitrogen and oxygen atoms in total. The van der Waals surface area contributed by atoms with Crippen LogP contribution in [0.4, 0.5) is 14.5 Å². The molecule has 2 aliphatic rings. The minimum atomic E-state index is -3.16. The molecule has 2 amide bonds. The van der Waals surface area contributed by atoms with Gasteiger partial charge in [0.1, 0.15) is 5.69 Å². The SMILES string of the molecule is O=C(Nc1ccc(C(=O)N2CCS(=O)(=O)CC2)c(-n2ccc(C(F)F)n2)c1)C1CC1. The Labute approximate surface area is 171 Å². The van der Waals surface area contributed by atoms with Crippen LogP contribution in [0.2, 0.25) is 0 Å². The maximum atomic E-state index is 13.1.